The van der Waals surface area contributed by atoms with E-state index < -0.39 is 0 Å². The van der Waals surface area contributed by atoms with E-state index in [0.717, 1.165) is 45.1 Å². The Kier molecular flexibility index (Phi) is 5.52. The summed E-state index contributed by atoms with van der Waals surface area (Å²) in [5, 5.41) is 9.70. The fourth-order valence-electron chi connectivity index (χ4n) is 5.37. The predicted octanol–water partition coefficient (Wildman–Crippen LogP) is 5.65. The molecule has 0 N–H and O–H groups in total. The highest BCUT2D eigenvalue weighted by Gasteiger charge is 2.39. The molecule has 3 aromatic carbocycles. The molecule has 0 radical (unpaired) electrons. The van der Waals surface area contributed by atoms with Gasteiger partial charge in [0.05, 0.1) is 35.5 Å². The summed E-state index contributed by atoms with van der Waals surface area (Å²) >= 11 is 0. The van der Waals surface area contributed by atoms with Crippen LogP contribution in [0.3, 0.4) is 0 Å². The average molecular weight is 530 g/mol. The largest absolute Gasteiger partial charge is 0.496 e. The Morgan fingerprint density at radius 2 is 1.62 bits per heavy atom. The van der Waals surface area contributed by atoms with Gasteiger partial charge in [-0.15, -0.1) is 5.10 Å². The molecule has 198 valence electrons. The third-order valence-electron chi connectivity index (χ3n) is 7.31. The minimum Gasteiger partial charge on any atom is -0.496 e. The average Bonchev–Trinajstić information content (AvgIpc) is 3.58. The number of methoxy groups -OCH3 is 1. The third-order valence-corrected chi connectivity index (χ3v) is 7.31. The van der Waals surface area contributed by atoms with Crippen LogP contribution in [-0.2, 0) is 0 Å². The number of anilines is 1. The molecule has 40 heavy (non-hydrogen) atoms. The lowest BCUT2D eigenvalue weighted by atomic mass is 9.84. The number of ether oxygens (including phenoxy) is 2. The van der Waals surface area contributed by atoms with E-state index in [1.54, 1.807) is 18.0 Å². The van der Waals surface area contributed by atoms with E-state index in [-0.39, 0.29) is 5.92 Å². The van der Waals surface area contributed by atoms with Gasteiger partial charge in [-0.2, -0.15) is 5.10 Å². The van der Waals surface area contributed by atoms with Crippen LogP contribution in [0, 0.1) is 6.92 Å². The Morgan fingerprint density at radius 1 is 0.875 bits per heavy atom. The van der Waals surface area contributed by atoms with Crippen LogP contribution in [0.25, 0.3) is 22.7 Å². The van der Waals surface area contributed by atoms with Crippen LogP contribution < -0.4 is 14.4 Å². The first-order valence-corrected chi connectivity index (χ1v) is 13.0. The molecule has 4 heterocycles. The van der Waals surface area contributed by atoms with Crippen molar-refractivity contribution in [2.75, 3.05) is 26.1 Å². The van der Waals surface area contributed by atoms with Crippen LogP contribution in [0.2, 0.25) is 0 Å². The van der Waals surface area contributed by atoms with Crippen molar-refractivity contribution < 1.29 is 9.47 Å². The zero-order valence-electron chi connectivity index (χ0n) is 22.6. The van der Waals surface area contributed by atoms with Crippen LogP contribution in [0.4, 0.5) is 5.69 Å². The monoisotopic (exact) mass is 529 g/mol. The molecular formula is C31H27N7O2. The van der Waals surface area contributed by atoms with Crippen molar-refractivity contribution >= 4 is 11.3 Å². The summed E-state index contributed by atoms with van der Waals surface area (Å²) in [5.74, 6) is 2.18. The Balaban J connectivity index is 1.47. The Morgan fingerprint density at radius 3 is 2.38 bits per heavy atom. The molecular weight excluding hydrogens is 502 g/mol. The summed E-state index contributed by atoms with van der Waals surface area (Å²) in [6, 6.07) is 26.2. The fourth-order valence-corrected chi connectivity index (χ4v) is 5.37. The van der Waals surface area contributed by atoms with Gasteiger partial charge in [-0.05, 0) is 49.4 Å². The van der Waals surface area contributed by atoms with E-state index in [0.29, 0.717) is 23.2 Å². The molecule has 6 aromatic rings. The summed E-state index contributed by atoms with van der Waals surface area (Å²) < 4.78 is 15.9. The molecule has 0 saturated carbocycles. The zero-order chi connectivity index (χ0) is 27.4. The van der Waals surface area contributed by atoms with E-state index in [4.69, 9.17) is 29.6 Å². The normalized spacial score (nSPS) is 13.9. The van der Waals surface area contributed by atoms with Crippen LogP contribution in [0.5, 0.6) is 17.5 Å². The highest BCUT2D eigenvalue weighted by molar-refractivity contribution is 5.70. The van der Waals surface area contributed by atoms with Gasteiger partial charge >= 0.3 is 0 Å². The molecule has 0 aliphatic carbocycles. The molecule has 7 rings (SSSR count). The topological polar surface area (TPSA) is 82.6 Å². The summed E-state index contributed by atoms with van der Waals surface area (Å²) in [4.78, 5) is 11.8. The van der Waals surface area contributed by atoms with Gasteiger partial charge in [0.1, 0.15) is 12.1 Å². The Bertz CT molecular complexity index is 1860. The molecule has 0 unspecified atom stereocenters. The molecule has 9 nitrogen and oxygen atoms in total. The first-order chi connectivity index (χ1) is 19.5. The van der Waals surface area contributed by atoms with Crippen molar-refractivity contribution in [1.82, 2.24) is 29.4 Å². The number of aryl methyl sites for hydroxylation is 1. The summed E-state index contributed by atoms with van der Waals surface area (Å²) in [6.45, 7) is 2.00. The maximum atomic E-state index is 6.54. The summed E-state index contributed by atoms with van der Waals surface area (Å²) in [6.07, 6.45) is 1.65. The molecule has 1 aliphatic heterocycles. The van der Waals surface area contributed by atoms with Gasteiger partial charge in [-0.25, -0.2) is 19.2 Å². The van der Waals surface area contributed by atoms with Crippen molar-refractivity contribution in [2.45, 2.75) is 12.8 Å². The molecule has 1 aliphatic rings. The minimum absolute atomic E-state index is 0.295. The lowest BCUT2D eigenvalue weighted by molar-refractivity contribution is 0.393. The molecule has 0 amide bonds. The lowest BCUT2D eigenvalue weighted by Gasteiger charge is -2.27. The van der Waals surface area contributed by atoms with Gasteiger partial charge in [-0.1, -0.05) is 36.4 Å². The highest BCUT2D eigenvalue weighted by atomic mass is 16.5. The van der Waals surface area contributed by atoms with Crippen LogP contribution in [0.15, 0.2) is 85.2 Å². The van der Waals surface area contributed by atoms with Gasteiger partial charge in [-0.3, -0.25) is 0 Å². The third kappa shape index (κ3) is 3.70. The van der Waals surface area contributed by atoms with E-state index in [9.17, 15) is 0 Å². The molecule has 0 bridgehead atoms. The molecule has 1 atom stereocenters. The Hall–Kier alpha value is -5.18. The Labute approximate surface area is 231 Å². The fraction of sp³-hybridized carbons (Fsp3) is 0.161. The van der Waals surface area contributed by atoms with Crippen LogP contribution in [0.1, 0.15) is 28.3 Å². The first-order valence-electron chi connectivity index (χ1n) is 13.0. The number of benzene rings is 3. The van der Waals surface area contributed by atoms with Crippen molar-refractivity contribution in [3.8, 4) is 34.6 Å². The molecule has 3 aromatic heterocycles. The number of nitrogens with zero attached hydrogens (tertiary/aromatic N) is 7. The second-order valence-corrected chi connectivity index (χ2v) is 9.94. The number of hydrogen-bond donors (Lipinski definition) is 0. The van der Waals surface area contributed by atoms with Gasteiger partial charge in [0.25, 0.3) is 0 Å². The van der Waals surface area contributed by atoms with Gasteiger partial charge < -0.3 is 14.4 Å². The van der Waals surface area contributed by atoms with Crippen molar-refractivity contribution in [1.29, 1.82) is 0 Å². The summed E-state index contributed by atoms with van der Waals surface area (Å²) in [7, 11) is 5.72. The van der Waals surface area contributed by atoms with E-state index in [1.165, 1.54) is 0 Å². The standard InChI is InChI=1S/C31H27N7O2/c1-19-25-26(23-12-8-9-13-24(23)39-4)27-29-33-28(20-14-16-21(17-15-20)36(2)3)35-37(29)18-32-30(27)40-31(25)38(34-19)22-10-6-5-7-11-22/h5-18,26H,1-4H3/t26-/m0/s1. The van der Waals surface area contributed by atoms with E-state index in [2.05, 4.69) is 23.1 Å². The van der Waals surface area contributed by atoms with Crippen LogP contribution >= 0.6 is 0 Å². The number of rotatable bonds is 5. The van der Waals surface area contributed by atoms with Crippen molar-refractivity contribution in [3.63, 3.8) is 0 Å². The molecule has 0 saturated heterocycles. The van der Waals surface area contributed by atoms with Gasteiger partial charge in [0.15, 0.2) is 11.5 Å². The maximum Gasteiger partial charge on any atom is 0.230 e. The molecule has 0 spiro atoms. The number of para-hydroxylation sites is 2. The highest BCUT2D eigenvalue weighted by Crippen LogP contribution is 2.51. The maximum absolute atomic E-state index is 6.54. The zero-order valence-corrected chi connectivity index (χ0v) is 22.6. The van der Waals surface area contributed by atoms with Crippen LogP contribution in [-0.4, -0.2) is 50.6 Å². The van der Waals surface area contributed by atoms with Gasteiger partial charge in [0.2, 0.25) is 11.8 Å². The van der Waals surface area contributed by atoms with Gasteiger partial charge in [0, 0.05) is 30.9 Å². The lowest BCUT2D eigenvalue weighted by Crippen LogP contribution is -2.16. The quantitative estimate of drug-likeness (QED) is 0.285. The first kappa shape index (κ1) is 23.9. The minimum atomic E-state index is -0.295. The van der Waals surface area contributed by atoms with E-state index >= 15 is 0 Å². The van der Waals surface area contributed by atoms with Crippen molar-refractivity contribution in [3.05, 3.63) is 108 Å². The number of hydrogen-bond acceptors (Lipinski definition) is 7. The smallest absolute Gasteiger partial charge is 0.230 e. The van der Waals surface area contributed by atoms with Crippen molar-refractivity contribution in [2.24, 2.45) is 0 Å². The second-order valence-electron chi connectivity index (χ2n) is 9.94. The number of aromatic nitrogens is 6. The predicted molar refractivity (Wildman–Crippen MR) is 153 cm³/mol. The molecule has 0 fully saturated rings. The molecule has 9 heteroatoms. The van der Waals surface area contributed by atoms with E-state index in [1.807, 2.05) is 86.4 Å². The second kappa shape index (κ2) is 9.23. The number of fused-ring (bicyclic) bond motifs is 4. The summed E-state index contributed by atoms with van der Waals surface area (Å²) in [5.41, 5.74) is 7.18. The SMILES string of the molecule is COc1ccccc1[C@H]1c2c(C)nn(-c3ccccc3)c2Oc2ncn3nc(-c4ccc(N(C)C)cc4)nc3c21.